The van der Waals surface area contributed by atoms with E-state index in [0.717, 1.165) is 11.1 Å². The largest absolute Gasteiger partial charge is 0.414 e. The molecule has 0 radical (unpaired) electrons. The van der Waals surface area contributed by atoms with Crippen molar-refractivity contribution < 1.29 is 17.2 Å². The molecule has 168 valence electrons. The number of halogens is 1. The fraction of sp³-hybridized carbons (Fsp3) is 0.217. The van der Waals surface area contributed by atoms with Crippen LogP contribution in [-0.4, -0.2) is 33.3 Å². The van der Waals surface area contributed by atoms with Crippen molar-refractivity contribution in [2.45, 2.75) is 36.6 Å². The van der Waals surface area contributed by atoms with Crippen LogP contribution >= 0.6 is 0 Å². The molecule has 2 N–H and O–H groups in total. The molecule has 2 aromatic carbocycles. The summed E-state index contributed by atoms with van der Waals surface area (Å²) in [4.78, 5) is 8.66. The summed E-state index contributed by atoms with van der Waals surface area (Å²) in [6, 6.07) is 12.1. The number of aromatic nitrogens is 4. The molecule has 5 rings (SSSR count). The molecular formula is C23H20FN5O3S. The molecule has 2 aromatic heterocycles. The second kappa shape index (κ2) is 7.17. The van der Waals surface area contributed by atoms with Gasteiger partial charge in [-0.05, 0) is 45.0 Å². The Morgan fingerprint density at radius 2 is 1.70 bits per heavy atom. The molecule has 0 aliphatic carbocycles. The van der Waals surface area contributed by atoms with E-state index in [1.54, 1.807) is 6.07 Å². The average Bonchev–Trinajstić information content (AvgIpc) is 3.32. The van der Waals surface area contributed by atoms with Crippen LogP contribution in [0.2, 0.25) is 0 Å². The molecule has 0 bridgehead atoms. The fourth-order valence-electron chi connectivity index (χ4n) is 3.77. The zero-order valence-corrected chi connectivity index (χ0v) is 18.9. The Hall–Kier alpha value is -3.66. The number of nitrogens with zero attached hydrogens (tertiary/aromatic N) is 4. The number of alkyl halides is 1. The van der Waals surface area contributed by atoms with Crippen LogP contribution in [0.5, 0.6) is 0 Å². The zero-order chi connectivity index (χ0) is 23.5. The molecule has 4 aromatic rings. The van der Waals surface area contributed by atoms with Crippen LogP contribution in [0, 0.1) is 6.92 Å². The Morgan fingerprint density at radius 3 is 2.42 bits per heavy atom. The standard InChI is InChI=1S/C23H20FN5O3S/c1-12-4-6-13(7-5-12)21-28-29-22(32-21)18-20(25)26-11-16(27-18)14-8-9-17-15(10-14)19(24)23(2,3)33(17,30)31/h4-11,19H,1-3H3,(H2,25,26)/t19-/m1/s1. The van der Waals surface area contributed by atoms with Crippen LogP contribution < -0.4 is 5.73 Å². The van der Waals surface area contributed by atoms with Crippen molar-refractivity contribution in [3.05, 3.63) is 59.8 Å². The van der Waals surface area contributed by atoms with Gasteiger partial charge in [-0.2, -0.15) is 0 Å². The van der Waals surface area contributed by atoms with Gasteiger partial charge in [0.25, 0.3) is 5.89 Å². The van der Waals surface area contributed by atoms with Crippen molar-refractivity contribution in [1.82, 2.24) is 20.2 Å². The van der Waals surface area contributed by atoms with Crippen molar-refractivity contribution >= 4 is 15.7 Å². The highest BCUT2D eigenvalue weighted by Gasteiger charge is 2.52. The minimum absolute atomic E-state index is 0.00739. The number of hydrogen-bond acceptors (Lipinski definition) is 8. The molecule has 10 heteroatoms. The number of fused-ring (bicyclic) bond motifs is 1. The summed E-state index contributed by atoms with van der Waals surface area (Å²) in [7, 11) is -3.78. The van der Waals surface area contributed by atoms with Gasteiger partial charge in [-0.1, -0.05) is 23.8 Å². The van der Waals surface area contributed by atoms with Crippen molar-refractivity contribution in [3.8, 4) is 34.3 Å². The van der Waals surface area contributed by atoms with Crippen LogP contribution in [0.25, 0.3) is 34.3 Å². The molecule has 3 heterocycles. The van der Waals surface area contributed by atoms with E-state index in [0.29, 0.717) is 17.1 Å². The van der Waals surface area contributed by atoms with Gasteiger partial charge in [0, 0.05) is 16.7 Å². The molecule has 0 saturated carbocycles. The van der Waals surface area contributed by atoms with Crippen LogP contribution in [0.3, 0.4) is 0 Å². The number of aryl methyl sites for hydroxylation is 1. The summed E-state index contributed by atoms with van der Waals surface area (Å²) in [5.41, 5.74) is 9.01. The normalized spacial score (nSPS) is 18.2. The number of anilines is 1. The molecule has 1 aliphatic heterocycles. The Kier molecular flexibility index (Phi) is 4.61. The van der Waals surface area contributed by atoms with Crippen LogP contribution in [0.15, 0.2) is 58.0 Å². The molecule has 0 unspecified atom stereocenters. The van der Waals surface area contributed by atoms with Crippen LogP contribution in [-0.2, 0) is 9.84 Å². The van der Waals surface area contributed by atoms with Crippen molar-refractivity contribution in [3.63, 3.8) is 0 Å². The molecule has 1 aliphatic rings. The molecule has 33 heavy (non-hydrogen) atoms. The maximum absolute atomic E-state index is 15.0. The number of rotatable bonds is 3. The van der Waals surface area contributed by atoms with Gasteiger partial charge < -0.3 is 10.2 Å². The number of nitrogen functional groups attached to an aromatic ring is 1. The van der Waals surface area contributed by atoms with Gasteiger partial charge >= 0.3 is 0 Å². The van der Waals surface area contributed by atoms with Gasteiger partial charge in [-0.25, -0.2) is 22.8 Å². The highest BCUT2D eigenvalue weighted by molar-refractivity contribution is 7.93. The second-order valence-electron chi connectivity index (χ2n) is 8.49. The van der Waals surface area contributed by atoms with Gasteiger partial charge in [-0.15, -0.1) is 10.2 Å². The SMILES string of the molecule is Cc1ccc(-c2nnc(-c3nc(-c4ccc5c(c4)[C@@H](F)C(C)(C)S5(=O)=O)cnc3N)o2)cc1. The highest BCUT2D eigenvalue weighted by Crippen LogP contribution is 2.49. The number of nitrogens with two attached hydrogens (primary N) is 1. The zero-order valence-electron chi connectivity index (χ0n) is 18.1. The lowest BCUT2D eigenvalue weighted by Crippen LogP contribution is -2.30. The van der Waals surface area contributed by atoms with E-state index in [-0.39, 0.29) is 27.9 Å². The molecule has 0 spiro atoms. The van der Waals surface area contributed by atoms with E-state index < -0.39 is 20.8 Å². The first kappa shape index (κ1) is 21.2. The van der Waals surface area contributed by atoms with E-state index in [4.69, 9.17) is 10.2 Å². The molecular weight excluding hydrogens is 445 g/mol. The highest BCUT2D eigenvalue weighted by atomic mass is 32.2. The first-order valence-corrected chi connectivity index (χ1v) is 11.6. The lowest BCUT2D eigenvalue weighted by Gasteiger charge is -2.19. The molecule has 0 amide bonds. The maximum atomic E-state index is 15.0. The average molecular weight is 466 g/mol. The predicted octanol–water partition coefficient (Wildman–Crippen LogP) is 4.33. The Balaban J connectivity index is 1.55. The molecule has 0 fully saturated rings. The number of sulfone groups is 1. The smallest absolute Gasteiger partial charge is 0.270 e. The van der Waals surface area contributed by atoms with E-state index in [9.17, 15) is 8.42 Å². The monoisotopic (exact) mass is 465 g/mol. The van der Waals surface area contributed by atoms with E-state index in [2.05, 4.69) is 20.2 Å². The summed E-state index contributed by atoms with van der Waals surface area (Å²) in [5, 5.41) is 8.12. The minimum atomic E-state index is -3.78. The van der Waals surface area contributed by atoms with Gasteiger partial charge in [0.1, 0.15) is 10.9 Å². The topological polar surface area (TPSA) is 125 Å². The fourth-order valence-corrected chi connectivity index (χ4v) is 5.46. The molecule has 0 saturated heterocycles. The van der Waals surface area contributed by atoms with E-state index in [1.165, 1.54) is 32.2 Å². The number of benzene rings is 2. The molecule has 8 nitrogen and oxygen atoms in total. The maximum Gasteiger partial charge on any atom is 0.270 e. The van der Waals surface area contributed by atoms with Crippen LogP contribution in [0.4, 0.5) is 10.2 Å². The third-order valence-electron chi connectivity index (χ3n) is 5.90. The lowest BCUT2D eigenvalue weighted by atomic mass is 9.98. The summed E-state index contributed by atoms with van der Waals surface area (Å²) in [5.74, 6) is 0.485. The third-order valence-corrected chi connectivity index (χ3v) is 8.44. The lowest BCUT2D eigenvalue weighted by molar-refractivity contribution is 0.284. The minimum Gasteiger partial charge on any atom is -0.414 e. The van der Waals surface area contributed by atoms with Crippen LogP contribution in [0.1, 0.15) is 31.1 Å². The van der Waals surface area contributed by atoms with E-state index >= 15 is 4.39 Å². The van der Waals surface area contributed by atoms with Gasteiger partial charge in [0.15, 0.2) is 21.3 Å². The Morgan fingerprint density at radius 1 is 1.03 bits per heavy atom. The van der Waals surface area contributed by atoms with Gasteiger partial charge in [0.05, 0.1) is 16.8 Å². The Bertz CT molecular complexity index is 1500. The third kappa shape index (κ3) is 3.20. The van der Waals surface area contributed by atoms with Gasteiger partial charge in [0.2, 0.25) is 5.89 Å². The predicted molar refractivity (Wildman–Crippen MR) is 120 cm³/mol. The van der Waals surface area contributed by atoms with Crippen molar-refractivity contribution in [1.29, 1.82) is 0 Å². The summed E-state index contributed by atoms with van der Waals surface area (Å²) in [6.45, 7) is 4.75. The number of hydrogen-bond donors (Lipinski definition) is 1. The second-order valence-corrected chi connectivity index (χ2v) is 11.0. The van der Waals surface area contributed by atoms with Crippen molar-refractivity contribution in [2.75, 3.05) is 5.73 Å². The first-order chi connectivity index (χ1) is 15.6. The van der Waals surface area contributed by atoms with E-state index in [1.807, 2.05) is 31.2 Å². The quantitative estimate of drug-likeness (QED) is 0.474. The summed E-state index contributed by atoms with van der Waals surface area (Å²) in [6.07, 6.45) is -0.230. The molecule has 1 atom stereocenters. The summed E-state index contributed by atoms with van der Waals surface area (Å²) < 4.78 is 44.6. The summed E-state index contributed by atoms with van der Waals surface area (Å²) >= 11 is 0. The first-order valence-electron chi connectivity index (χ1n) is 10.2. The Labute approximate surface area is 189 Å². The van der Waals surface area contributed by atoms with Gasteiger partial charge in [-0.3, -0.25) is 0 Å². The van der Waals surface area contributed by atoms with Crippen molar-refractivity contribution in [2.24, 2.45) is 0 Å².